The van der Waals surface area contributed by atoms with Crippen molar-refractivity contribution in [3.05, 3.63) is 68.4 Å². The summed E-state index contributed by atoms with van der Waals surface area (Å²) in [5.74, 6) is 0.408. The van der Waals surface area contributed by atoms with Gasteiger partial charge in [0.25, 0.3) is 0 Å². The zero-order valence-corrected chi connectivity index (χ0v) is 14.6. The number of rotatable bonds is 4. The van der Waals surface area contributed by atoms with Crippen LogP contribution in [-0.2, 0) is 6.54 Å². The van der Waals surface area contributed by atoms with Crippen molar-refractivity contribution in [1.29, 1.82) is 0 Å². The predicted octanol–water partition coefficient (Wildman–Crippen LogP) is 2.91. The molecule has 2 aromatic heterocycles. The van der Waals surface area contributed by atoms with Crippen molar-refractivity contribution in [3.63, 3.8) is 0 Å². The Kier molecular flexibility index (Phi) is 4.19. The van der Waals surface area contributed by atoms with Gasteiger partial charge in [0.2, 0.25) is 0 Å². The van der Waals surface area contributed by atoms with Gasteiger partial charge in [0.05, 0.1) is 22.5 Å². The van der Waals surface area contributed by atoms with E-state index in [0.717, 1.165) is 6.07 Å². The molecule has 1 aromatic carbocycles. The Morgan fingerprint density at radius 1 is 1.27 bits per heavy atom. The minimum atomic E-state index is -0.711. The SMILES string of the molecule is CC(C)(C)C(=O)c1cccc2[nH]c(Cn3cccc([N+](=O)[O-])c3=O)nc12. The largest absolute Gasteiger partial charge is 0.340 e. The summed E-state index contributed by atoms with van der Waals surface area (Å²) in [4.78, 5) is 42.5. The number of nitro groups is 1. The fourth-order valence-corrected chi connectivity index (χ4v) is 2.69. The number of carbonyl (C=O) groups is 1. The number of para-hydroxylation sites is 1. The van der Waals surface area contributed by atoms with Gasteiger partial charge >= 0.3 is 11.2 Å². The summed E-state index contributed by atoms with van der Waals surface area (Å²) in [6.45, 7) is 5.55. The average molecular weight is 354 g/mol. The Balaban J connectivity index is 2.04. The van der Waals surface area contributed by atoms with E-state index in [1.807, 2.05) is 20.8 Å². The third-order valence-electron chi connectivity index (χ3n) is 4.00. The first-order valence-corrected chi connectivity index (χ1v) is 8.05. The summed E-state index contributed by atoms with van der Waals surface area (Å²) < 4.78 is 1.21. The number of hydrogen-bond donors (Lipinski definition) is 1. The average Bonchev–Trinajstić information content (AvgIpc) is 2.97. The van der Waals surface area contributed by atoms with Crippen molar-refractivity contribution in [1.82, 2.24) is 14.5 Å². The van der Waals surface area contributed by atoms with Crippen LogP contribution in [0.4, 0.5) is 5.69 Å². The molecule has 0 amide bonds. The third kappa shape index (κ3) is 3.13. The van der Waals surface area contributed by atoms with E-state index >= 15 is 0 Å². The quantitative estimate of drug-likeness (QED) is 0.440. The van der Waals surface area contributed by atoms with Gasteiger partial charge < -0.3 is 9.55 Å². The Hall–Kier alpha value is -3.29. The number of nitrogens with zero attached hydrogens (tertiary/aromatic N) is 3. The number of aromatic nitrogens is 3. The van der Waals surface area contributed by atoms with Crippen molar-refractivity contribution >= 4 is 22.5 Å². The van der Waals surface area contributed by atoms with Crippen LogP contribution in [0.5, 0.6) is 0 Å². The number of fused-ring (bicyclic) bond motifs is 1. The first-order chi connectivity index (χ1) is 12.2. The van der Waals surface area contributed by atoms with Crippen LogP contribution < -0.4 is 5.56 Å². The Morgan fingerprint density at radius 2 is 2.00 bits per heavy atom. The number of aromatic amines is 1. The molecule has 0 atom stereocenters. The lowest BCUT2D eigenvalue weighted by Gasteiger charge is -2.16. The van der Waals surface area contributed by atoms with Gasteiger partial charge in [-0.3, -0.25) is 19.7 Å². The highest BCUT2D eigenvalue weighted by Gasteiger charge is 2.25. The fourth-order valence-electron chi connectivity index (χ4n) is 2.69. The molecule has 0 spiro atoms. The van der Waals surface area contributed by atoms with Crippen molar-refractivity contribution in [3.8, 4) is 0 Å². The zero-order valence-electron chi connectivity index (χ0n) is 14.6. The summed E-state index contributed by atoms with van der Waals surface area (Å²) in [6.07, 6.45) is 1.46. The molecule has 0 unspecified atom stereocenters. The van der Waals surface area contributed by atoms with Crippen LogP contribution in [0.2, 0.25) is 0 Å². The summed E-state index contributed by atoms with van der Waals surface area (Å²) in [5.41, 5.74) is -0.0424. The van der Waals surface area contributed by atoms with E-state index in [0.29, 0.717) is 22.4 Å². The minimum Gasteiger partial charge on any atom is -0.340 e. The van der Waals surface area contributed by atoms with E-state index in [9.17, 15) is 19.7 Å². The maximum atomic E-state index is 12.6. The first kappa shape index (κ1) is 17.5. The summed E-state index contributed by atoms with van der Waals surface area (Å²) in [6, 6.07) is 7.89. The van der Waals surface area contributed by atoms with Gasteiger partial charge in [0.15, 0.2) is 5.78 Å². The number of H-pyrrole nitrogens is 1. The summed E-state index contributed by atoms with van der Waals surface area (Å²) >= 11 is 0. The number of ketones is 1. The number of benzene rings is 1. The van der Waals surface area contributed by atoms with Gasteiger partial charge in [-0.1, -0.05) is 26.8 Å². The number of nitrogens with one attached hydrogen (secondary N) is 1. The van der Waals surface area contributed by atoms with Crippen LogP contribution in [0, 0.1) is 15.5 Å². The number of Topliss-reactive ketones (excluding diaryl/α,β-unsaturated/α-hetero) is 1. The molecule has 26 heavy (non-hydrogen) atoms. The van der Waals surface area contributed by atoms with Gasteiger partial charge in [-0.2, -0.15) is 0 Å². The topological polar surface area (TPSA) is 111 Å². The molecule has 8 nitrogen and oxygen atoms in total. The highest BCUT2D eigenvalue weighted by molar-refractivity contribution is 6.08. The van der Waals surface area contributed by atoms with Crippen LogP contribution in [-0.4, -0.2) is 25.2 Å². The van der Waals surface area contributed by atoms with Gasteiger partial charge in [0, 0.05) is 23.2 Å². The molecule has 134 valence electrons. The standard InChI is InChI=1S/C18H18N4O4/c1-18(2,3)16(23)11-6-4-7-12-15(11)20-14(19-12)10-21-9-5-8-13(17(21)24)22(25)26/h4-9H,10H2,1-3H3,(H,19,20). The molecular weight excluding hydrogens is 336 g/mol. The molecule has 0 aliphatic rings. The molecule has 0 radical (unpaired) electrons. The molecule has 0 fully saturated rings. The number of hydrogen-bond acceptors (Lipinski definition) is 5. The molecule has 3 aromatic rings. The second-order valence-electron chi connectivity index (χ2n) is 7.05. The maximum Gasteiger partial charge on any atom is 0.334 e. The summed E-state index contributed by atoms with van der Waals surface area (Å²) in [7, 11) is 0. The van der Waals surface area contributed by atoms with Gasteiger partial charge in [-0.25, -0.2) is 4.98 Å². The second kappa shape index (κ2) is 6.21. The molecule has 0 aliphatic carbocycles. The van der Waals surface area contributed by atoms with Crippen LogP contribution >= 0.6 is 0 Å². The Labute approximate surface area is 148 Å². The molecule has 0 saturated heterocycles. The van der Waals surface area contributed by atoms with E-state index in [-0.39, 0.29) is 12.3 Å². The molecule has 3 rings (SSSR count). The monoisotopic (exact) mass is 354 g/mol. The lowest BCUT2D eigenvalue weighted by Crippen LogP contribution is -2.22. The highest BCUT2D eigenvalue weighted by atomic mass is 16.6. The molecule has 0 aliphatic heterocycles. The van der Waals surface area contributed by atoms with E-state index < -0.39 is 21.6 Å². The van der Waals surface area contributed by atoms with Crippen molar-refractivity contribution in [2.75, 3.05) is 0 Å². The van der Waals surface area contributed by atoms with Crippen LogP contribution in [0.25, 0.3) is 11.0 Å². The van der Waals surface area contributed by atoms with Crippen molar-refractivity contribution in [2.24, 2.45) is 5.41 Å². The highest BCUT2D eigenvalue weighted by Crippen LogP contribution is 2.25. The van der Waals surface area contributed by atoms with Crippen molar-refractivity contribution in [2.45, 2.75) is 27.3 Å². The van der Waals surface area contributed by atoms with Gasteiger partial charge in [0.1, 0.15) is 5.82 Å². The maximum absolute atomic E-state index is 12.6. The van der Waals surface area contributed by atoms with Gasteiger partial charge in [-0.05, 0) is 18.2 Å². The fraction of sp³-hybridized carbons (Fsp3) is 0.278. The molecule has 0 bridgehead atoms. The molecule has 0 saturated carbocycles. The molecule has 1 N–H and O–H groups in total. The Bertz CT molecular complexity index is 1070. The van der Waals surface area contributed by atoms with E-state index in [4.69, 9.17) is 0 Å². The van der Waals surface area contributed by atoms with Crippen LogP contribution in [0.1, 0.15) is 37.0 Å². The molecular formula is C18H18N4O4. The Morgan fingerprint density at radius 3 is 2.65 bits per heavy atom. The first-order valence-electron chi connectivity index (χ1n) is 8.05. The second-order valence-corrected chi connectivity index (χ2v) is 7.05. The zero-order chi connectivity index (χ0) is 19.1. The normalized spacial score (nSPS) is 11.7. The van der Waals surface area contributed by atoms with Gasteiger partial charge in [-0.15, -0.1) is 0 Å². The summed E-state index contributed by atoms with van der Waals surface area (Å²) in [5, 5.41) is 10.9. The molecule has 2 heterocycles. The molecule has 8 heteroatoms. The third-order valence-corrected chi connectivity index (χ3v) is 4.00. The number of pyridine rings is 1. The van der Waals surface area contributed by atoms with Crippen LogP contribution in [0.15, 0.2) is 41.3 Å². The van der Waals surface area contributed by atoms with Crippen molar-refractivity contribution < 1.29 is 9.72 Å². The van der Waals surface area contributed by atoms with E-state index in [1.165, 1.54) is 16.8 Å². The minimum absolute atomic E-state index is 0.0336. The van der Waals surface area contributed by atoms with E-state index in [2.05, 4.69) is 9.97 Å². The lowest BCUT2D eigenvalue weighted by molar-refractivity contribution is -0.386. The van der Waals surface area contributed by atoms with E-state index in [1.54, 1.807) is 18.2 Å². The number of carbonyl (C=O) groups excluding carboxylic acids is 1. The number of imidazole rings is 1. The lowest BCUT2D eigenvalue weighted by atomic mass is 9.86. The predicted molar refractivity (Wildman–Crippen MR) is 96.3 cm³/mol. The van der Waals surface area contributed by atoms with Crippen LogP contribution in [0.3, 0.4) is 0 Å². The smallest absolute Gasteiger partial charge is 0.334 e.